The van der Waals surface area contributed by atoms with Crippen molar-refractivity contribution in [2.24, 2.45) is 4.99 Å². The molecule has 1 aromatic rings. The van der Waals surface area contributed by atoms with Crippen LogP contribution in [0.25, 0.3) is 0 Å². The van der Waals surface area contributed by atoms with E-state index in [0.717, 1.165) is 5.56 Å². The summed E-state index contributed by atoms with van der Waals surface area (Å²) in [5.74, 6) is 0.522. The number of hydrogen-bond donors (Lipinski definition) is 2. The summed E-state index contributed by atoms with van der Waals surface area (Å²) in [5, 5.41) is 6.29. The van der Waals surface area contributed by atoms with Crippen molar-refractivity contribution in [3.05, 3.63) is 35.6 Å². The van der Waals surface area contributed by atoms with Gasteiger partial charge in [-0.05, 0) is 37.5 Å². The lowest BCUT2D eigenvalue weighted by molar-refractivity contribution is 0.461. The fourth-order valence-corrected chi connectivity index (χ4v) is 2.95. The van der Waals surface area contributed by atoms with Crippen molar-refractivity contribution in [1.82, 2.24) is 14.9 Å². The quantitative estimate of drug-likeness (QED) is 0.242. The maximum absolute atomic E-state index is 13.1. The highest BCUT2D eigenvalue weighted by molar-refractivity contribution is 14.0. The van der Waals surface area contributed by atoms with E-state index in [4.69, 9.17) is 0 Å². The van der Waals surface area contributed by atoms with E-state index in [2.05, 4.69) is 15.6 Å². The highest BCUT2D eigenvalue weighted by Gasteiger charge is 2.13. The number of hydrogen-bond acceptors (Lipinski definition) is 3. The van der Waals surface area contributed by atoms with Crippen molar-refractivity contribution in [1.29, 1.82) is 0 Å². The normalized spacial score (nSPS) is 12.0. The van der Waals surface area contributed by atoms with Gasteiger partial charge in [0.15, 0.2) is 5.96 Å². The van der Waals surface area contributed by atoms with E-state index in [0.29, 0.717) is 38.4 Å². The summed E-state index contributed by atoms with van der Waals surface area (Å²) in [6, 6.07) is 6.51. The van der Waals surface area contributed by atoms with E-state index in [1.165, 1.54) is 16.4 Å². The third kappa shape index (κ3) is 9.36. The summed E-state index contributed by atoms with van der Waals surface area (Å²) in [6.07, 6.45) is 1.37. The van der Waals surface area contributed by atoms with Crippen LogP contribution in [-0.4, -0.2) is 58.2 Å². The minimum atomic E-state index is -3.12. The Morgan fingerprint density at radius 3 is 2.56 bits per heavy atom. The molecule has 144 valence electrons. The van der Waals surface area contributed by atoms with Gasteiger partial charge in [0.2, 0.25) is 10.0 Å². The van der Waals surface area contributed by atoms with Crippen LogP contribution in [0.3, 0.4) is 0 Å². The monoisotopic (exact) mass is 486 g/mol. The second-order valence-electron chi connectivity index (χ2n) is 5.38. The van der Waals surface area contributed by atoms with E-state index < -0.39 is 10.0 Å². The summed E-state index contributed by atoms with van der Waals surface area (Å²) < 4.78 is 37.7. The molecule has 0 bridgehead atoms. The Morgan fingerprint density at radius 2 is 1.96 bits per heavy atom. The van der Waals surface area contributed by atoms with Gasteiger partial charge in [0.1, 0.15) is 5.82 Å². The Labute approximate surface area is 167 Å². The van der Waals surface area contributed by atoms with Crippen LogP contribution in [0.4, 0.5) is 4.39 Å². The number of aliphatic imine (C=N–C) groups is 1. The molecule has 0 atom stereocenters. The predicted molar refractivity (Wildman–Crippen MR) is 112 cm³/mol. The molecule has 0 aliphatic heterocycles. The zero-order valence-corrected chi connectivity index (χ0v) is 18.1. The van der Waals surface area contributed by atoms with E-state index >= 15 is 0 Å². The minimum absolute atomic E-state index is 0. The number of halogens is 2. The molecule has 0 heterocycles. The van der Waals surface area contributed by atoms with Crippen molar-refractivity contribution in [3.63, 3.8) is 0 Å². The zero-order valence-electron chi connectivity index (χ0n) is 15.0. The fourth-order valence-electron chi connectivity index (χ4n) is 2.11. The van der Waals surface area contributed by atoms with Crippen LogP contribution in [0.1, 0.15) is 18.9 Å². The Balaban J connectivity index is 0.00000576. The number of guanidine groups is 1. The molecule has 6 nitrogen and oxygen atoms in total. The summed E-state index contributed by atoms with van der Waals surface area (Å²) in [5.41, 5.74) is 0.921. The number of nitrogens with one attached hydrogen (secondary N) is 2. The molecule has 9 heteroatoms. The van der Waals surface area contributed by atoms with Crippen molar-refractivity contribution in [2.45, 2.75) is 19.8 Å². The highest BCUT2D eigenvalue weighted by atomic mass is 127. The lowest BCUT2D eigenvalue weighted by Crippen LogP contribution is -2.39. The molecule has 0 aliphatic carbocycles. The molecule has 0 saturated heterocycles. The van der Waals surface area contributed by atoms with E-state index in [1.54, 1.807) is 27.1 Å². The molecular formula is C16H28FIN4O2S. The number of benzene rings is 1. The molecule has 2 N–H and O–H groups in total. The third-order valence-electron chi connectivity index (χ3n) is 3.60. The average molecular weight is 486 g/mol. The first-order chi connectivity index (χ1) is 11.4. The minimum Gasteiger partial charge on any atom is -0.356 e. The molecule has 1 aromatic carbocycles. The molecule has 25 heavy (non-hydrogen) atoms. The maximum atomic E-state index is 13.1. The SMILES string of the molecule is CCS(=O)(=O)N(C)CCCNC(=NC)NCCc1cccc(F)c1.I. The Morgan fingerprint density at radius 1 is 1.28 bits per heavy atom. The summed E-state index contributed by atoms with van der Waals surface area (Å²) in [6.45, 7) is 3.34. The van der Waals surface area contributed by atoms with Gasteiger partial charge >= 0.3 is 0 Å². The Hall–Kier alpha value is -0.940. The van der Waals surface area contributed by atoms with Gasteiger partial charge in [-0.2, -0.15) is 0 Å². The molecule has 0 spiro atoms. The molecule has 0 saturated carbocycles. The summed E-state index contributed by atoms with van der Waals surface area (Å²) >= 11 is 0. The van der Waals surface area contributed by atoms with E-state index in [-0.39, 0.29) is 35.5 Å². The molecule has 0 aliphatic rings. The molecule has 0 unspecified atom stereocenters. The van der Waals surface area contributed by atoms with Gasteiger partial charge < -0.3 is 10.6 Å². The number of sulfonamides is 1. The van der Waals surface area contributed by atoms with Crippen LogP contribution in [-0.2, 0) is 16.4 Å². The highest BCUT2D eigenvalue weighted by Crippen LogP contribution is 2.03. The topological polar surface area (TPSA) is 73.8 Å². The average Bonchev–Trinajstić information content (AvgIpc) is 2.56. The number of rotatable bonds is 9. The van der Waals surface area contributed by atoms with Gasteiger partial charge in [-0.25, -0.2) is 17.1 Å². The van der Waals surface area contributed by atoms with Gasteiger partial charge in [-0.1, -0.05) is 12.1 Å². The van der Waals surface area contributed by atoms with Crippen molar-refractivity contribution in [2.75, 3.05) is 39.5 Å². The largest absolute Gasteiger partial charge is 0.356 e. The lowest BCUT2D eigenvalue weighted by Gasteiger charge is -2.16. The molecule has 0 radical (unpaired) electrons. The van der Waals surface area contributed by atoms with E-state index in [1.807, 2.05) is 6.07 Å². The van der Waals surface area contributed by atoms with Crippen LogP contribution < -0.4 is 10.6 Å². The van der Waals surface area contributed by atoms with Gasteiger partial charge in [-0.3, -0.25) is 4.99 Å². The van der Waals surface area contributed by atoms with Gasteiger partial charge in [0.05, 0.1) is 5.75 Å². The molecule has 0 aromatic heterocycles. The maximum Gasteiger partial charge on any atom is 0.213 e. The van der Waals surface area contributed by atoms with Crippen LogP contribution in [0.15, 0.2) is 29.3 Å². The Bertz CT molecular complexity index is 641. The summed E-state index contributed by atoms with van der Waals surface area (Å²) in [7, 11) is 0.136. The fraction of sp³-hybridized carbons (Fsp3) is 0.562. The second kappa shape index (κ2) is 12.4. The smallest absolute Gasteiger partial charge is 0.213 e. The summed E-state index contributed by atoms with van der Waals surface area (Å²) in [4.78, 5) is 4.11. The predicted octanol–water partition coefficient (Wildman–Crippen LogP) is 1.82. The van der Waals surface area contributed by atoms with Gasteiger partial charge in [0, 0.05) is 33.7 Å². The van der Waals surface area contributed by atoms with Crippen LogP contribution in [0.2, 0.25) is 0 Å². The second-order valence-corrected chi connectivity index (χ2v) is 7.75. The zero-order chi connectivity index (χ0) is 18.0. The third-order valence-corrected chi connectivity index (χ3v) is 5.46. The first kappa shape index (κ1) is 24.1. The first-order valence-electron chi connectivity index (χ1n) is 8.02. The van der Waals surface area contributed by atoms with Crippen LogP contribution >= 0.6 is 24.0 Å². The molecule has 0 amide bonds. The lowest BCUT2D eigenvalue weighted by atomic mass is 10.1. The molecule has 1 rings (SSSR count). The van der Waals surface area contributed by atoms with Crippen molar-refractivity contribution >= 4 is 40.0 Å². The van der Waals surface area contributed by atoms with Crippen LogP contribution in [0.5, 0.6) is 0 Å². The number of nitrogens with zero attached hydrogens (tertiary/aromatic N) is 2. The van der Waals surface area contributed by atoms with Gasteiger partial charge in [-0.15, -0.1) is 24.0 Å². The van der Waals surface area contributed by atoms with Gasteiger partial charge in [0.25, 0.3) is 0 Å². The van der Waals surface area contributed by atoms with Crippen molar-refractivity contribution in [3.8, 4) is 0 Å². The first-order valence-corrected chi connectivity index (χ1v) is 9.63. The molecular weight excluding hydrogens is 458 g/mol. The van der Waals surface area contributed by atoms with Crippen molar-refractivity contribution < 1.29 is 12.8 Å². The van der Waals surface area contributed by atoms with Crippen LogP contribution in [0, 0.1) is 5.82 Å². The Kier molecular flexibility index (Phi) is 12.0. The molecule has 0 fully saturated rings. The standard InChI is InChI=1S/C16H27FN4O2S.HI/c1-4-24(22,23)21(3)12-6-10-19-16(18-2)20-11-9-14-7-5-8-15(17)13-14;/h5,7-8,13H,4,6,9-12H2,1-3H3,(H2,18,19,20);1H. The van der Waals surface area contributed by atoms with E-state index in [9.17, 15) is 12.8 Å².